The molecule has 0 bridgehead atoms. The van der Waals surface area contributed by atoms with E-state index >= 15 is 0 Å². The van der Waals surface area contributed by atoms with Gasteiger partial charge in [0, 0.05) is 6.42 Å². The van der Waals surface area contributed by atoms with Crippen molar-refractivity contribution in [3.63, 3.8) is 0 Å². The van der Waals surface area contributed by atoms with Crippen LogP contribution < -0.4 is 4.74 Å². The van der Waals surface area contributed by atoms with Gasteiger partial charge in [-0.1, -0.05) is 12.5 Å². The fourth-order valence-electron chi connectivity index (χ4n) is 3.79. The highest BCUT2D eigenvalue weighted by molar-refractivity contribution is 5.44. The van der Waals surface area contributed by atoms with Gasteiger partial charge in [0.25, 0.3) is 0 Å². The molecule has 1 heterocycles. The van der Waals surface area contributed by atoms with Crippen molar-refractivity contribution in [1.82, 2.24) is 0 Å². The van der Waals surface area contributed by atoms with Crippen molar-refractivity contribution in [2.24, 2.45) is 11.8 Å². The first kappa shape index (κ1) is 9.06. The molecule has 0 aromatic heterocycles. The van der Waals surface area contributed by atoms with Crippen LogP contribution in [0.1, 0.15) is 30.4 Å². The number of fused-ring (bicyclic) bond motifs is 2. The van der Waals surface area contributed by atoms with Gasteiger partial charge in [-0.25, -0.2) is 0 Å². The van der Waals surface area contributed by atoms with E-state index in [0.29, 0.717) is 11.8 Å². The summed E-state index contributed by atoms with van der Waals surface area (Å²) in [5, 5.41) is 10.7. The largest absolute Gasteiger partial charge is 0.493 e. The van der Waals surface area contributed by atoms with Crippen LogP contribution in [0.15, 0.2) is 18.2 Å². The fourth-order valence-corrected chi connectivity index (χ4v) is 3.79. The highest BCUT2D eigenvalue weighted by Gasteiger charge is 2.66. The highest BCUT2D eigenvalue weighted by atomic mass is 16.5. The van der Waals surface area contributed by atoms with Crippen molar-refractivity contribution in [2.45, 2.75) is 31.3 Å². The lowest BCUT2D eigenvalue weighted by molar-refractivity contribution is 0.105. The number of hydrogen-bond acceptors (Lipinski definition) is 2. The lowest BCUT2D eigenvalue weighted by Crippen LogP contribution is -2.13. The molecule has 16 heavy (non-hydrogen) atoms. The van der Waals surface area contributed by atoms with E-state index in [-0.39, 0.29) is 0 Å². The number of aliphatic hydroxyl groups is 1. The second-order valence-corrected chi connectivity index (χ2v) is 5.39. The van der Waals surface area contributed by atoms with Gasteiger partial charge in [-0.2, -0.15) is 0 Å². The highest BCUT2D eigenvalue weighted by Crippen LogP contribution is 2.66. The van der Waals surface area contributed by atoms with Crippen LogP contribution >= 0.6 is 0 Å². The Morgan fingerprint density at radius 2 is 2.06 bits per heavy atom. The molecule has 0 radical (unpaired) electrons. The number of hydrogen-bond donors (Lipinski definition) is 1. The molecular weight excluding hydrogens is 200 g/mol. The molecule has 2 nitrogen and oxygen atoms in total. The van der Waals surface area contributed by atoms with E-state index in [1.54, 1.807) is 0 Å². The minimum atomic E-state index is -0.490. The van der Waals surface area contributed by atoms with E-state index < -0.39 is 5.60 Å². The summed E-state index contributed by atoms with van der Waals surface area (Å²) in [5.41, 5.74) is 1.91. The second-order valence-electron chi connectivity index (χ2n) is 5.39. The number of rotatable bonds is 1. The van der Waals surface area contributed by atoms with Gasteiger partial charge in [0.1, 0.15) is 5.75 Å². The molecule has 2 saturated carbocycles. The molecule has 2 unspecified atom stereocenters. The zero-order valence-corrected chi connectivity index (χ0v) is 9.28. The number of ether oxygens (including phenoxy) is 1. The molecule has 3 aliphatic rings. The summed E-state index contributed by atoms with van der Waals surface area (Å²) >= 11 is 0. The molecule has 1 N–H and O–H groups in total. The minimum absolute atomic E-state index is 0.490. The standard InChI is InChI=1S/C14H16O2/c15-14(11-2-1-3-12(11)14)10-4-5-13-9(8-10)6-7-16-13/h4-5,8,11-12,15H,1-3,6-7H2. The third-order valence-corrected chi connectivity index (χ3v) is 4.69. The van der Waals surface area contributed by atoms with E-state index in [1.807, 2.05) is 6.07 Å². The molecule has 2 fully saturated rings. The molecular formula is C14H16O2. The SMILES string of the molecule is OC1(c2ccc3c(c2)CCO3)C2CCCC21. The lowest BCUT2D eigenvalue weighted by Gasteiger charge is -2.15. The van der Waals surface area contributed by atoms with Crippen molar-refractivity contribution in [3.8, 4) is 5.75 Å². The molecule has 2 aliphatic carbocycles. The molecule has 1 aromatic carbocycles. The molecule has 0 amide bonds. The average Bonchev–Trinajstić information content (AvgIpc) is 2.80. The van der Waals surface area contributed by atoms with Crippen molar-refractivity contribution >= 4 is 0 Å². The summed E-state index contributed by atoms with van der Waals surface area (Å²) in [6.07, 6.45) is 4.70. The van der Waals surface area contributed by atoms with Crippen molar-refractivity contribution in [2.75, 3.05) is 6.61 Å². The van der Waals surface area contributed by atoms with Crippen molar-refractivity contribution in [3.05, 3.63) is 29.3 Å². The first-order chi connectivity index (χ1) is 7.80. The predicted molar refractivity (Wildman–Crippen MR) is 60.4 cm³/mol. The van der Waals surface area contributed by atoms with Crippen LogP contribution in [0.4, 0.5) is 0 Å². The third kappa shape index (κ3) is 0.963. The van der Waals surface area contributed by atoms with Crippen LogP contribution in [-0.2, 0) is 12.0 Å². The van der Waals surface area contributed by atoms with Gasteiger partial charge in [-0.05, 0) is 47.9 Å². The predicted octanol–water partition coefficient (Wildman–Crippen LogP) is 2.24. The van der Waals surface area contributed by atoms with Crippen LogP contribution in [0.3, 0.4) is 0 Å². The van der Waals surface area contributed by atoms with Crippen LogP contribution in [0, 0.1) is 11.8 Å². The summed E-state index contributed by atoms with van der Waals surface area (Å²) in [6, 6.07) is 6.26. The van der Waals surface area contributed by atoms with Crippen LogP contribution in [0.5, 0.6) is 5.75 Å². The van der Waals surface area contributed by atoms with Gasteiger partial charge in [0.15, 0.2) is 0 Å². The maximum absolute atomic E-state index is 10.7. The van der Waals surface area contributed by atoms with Crippen LogP contribution in [0.25, 0.3) is 0 Å². The average molecular weight is 216 g/mol. The maximum Gasteiger partial charge on any atom is 0.122 e. The monoisotopic (exact) mass is 216 g/mol. The van der Waals surface area contributed by atoms with Gasteiger partial charge in [-0.15, -0.1) is 0 Å². The van der Waals surface area contributed by atoms with E-state index in [9.17, 15) is 5.11 Å². The Balaban J connectivity index is 1.74. The Labute approximate surface area is 95.2 Å². The molecule has 4 rings (SSSR count). The molecule has 1 aliphatic heterocycles. The third-order valence-electron chi connectivity index (χ3n) is 4.69. The Morgan fingerprint density at radius 1 is 1.25 bits per heavy atom. The lowest BCUT2D eigenvalue weighted by atomic mass is 9.97. The van der Waals surface area contributed by atoms with E-state index in [2.05, 4.69) is 12.1 Å². The van der Waals surface area contributed by atoms with Gasteiger partial charge in [0.2, 0.25) is 0 Å². The molecule has 2 atom stereocenters. The van der Waals surface area contributed by atoms with Gasteiger partial charge >= 0.3 is 0 Å². The molecule has 0 spiro atoms. The smallest absolute Gasteiger partial charge is 0.122 e. The van der Waals surface area contributed by atoms with Gasteiger partial charge < -0.3 is 9.84 Å². The van der Waals surface area contributed by atoms with Crippen molar-refractivity contribution in [1.29, 1.82) is 0 Å². The van der Waals surface area contributed by atoms with Gasteiger partial charge in [0.05, 0.1) is 12.2 Å². The number of benzene rings is 1. The molecule has 0 saturated heterocycles. The Kier molecular flexibility index (Phi) is 1.59. The summed E-state index contributed by atoms with van der Waals surface area (Å²) in [4.78, 5) is 0. The van der Waals surface area contributed by atoms with E-state index in [1.165, 1.54) is 24.8 Å². The minimum Gasteiger partial charge on any atom is -0.493 e. The molecule has 84 valence electrons. The fraction of sp³-hybridized carbons (Fsp3) is 0.571. The van der Waals surface area contributed by atoms with Crippen LogP contribution in [0.2, 0.25) is 0 Å². The van der Waals surface area contributed by atoms with Gasteiger partial charge in [-0.3, -0.25) is 0 Å². The van der Waals surface area contributed by atoms with Crippen molar-refractivity contribution < 1.29 is 9.84 Å². The topological polar surface area (TPSA) is 29.5 Å². The van der Waals surface area contributed by atoms with Crippen LogP contribution in [-0.4, -0.2) is 11.7 Å². The zero-order chi connectivity index (χ0) is 10.8. The summed E-state index contributed by atoms with van der Waals surface area (Å²) in [6.45, 7) is 0.796. The first-order valence-electron chi connectivity index (χ1n) is 6.29. The summed E-state index contributed by atoms with van der Waals surface area (Å²) < 4.78 is 5.50. The first-order valence-corrected chi connectivity index (χ1v) is 6.29. The summed E-state index contributed by atoms with van der Waals surface area (Å²) in [7, 11) is 0. The molecule has 2 heteroatoms. The Hall–Kier alpha value is -1.02. The Morgan fingerprint density at radius 3 is 2.88 bits per heavy atom. The zero-order valence-electron chi connectivity index (χ0n) is 9.28. The van der Waals surface area contributed by atoms with E-state index in [4.69, 9.17) is 4.74 Å². The van der Waals surface area contributed by atoms with E-state index in [0.717, 1.165) is 24.3 Å². The maximum atomic E-state index is 10.7. The summed E-state index contributed by atoms with van der Waals surface area (Å²) in [5.74, 6) is 2.08. The molecule has 1 aromatic rings. The Bertz CT molecular complexity index is 442. The normalized spacial score (nSPS) is 39.1. The quantitative estimate of drug-likeness (QED) is 0.780. The second kappa shape index (κ2) is 2.80.